The van der Waals surface area contributed by atoms with Gasteiger partial charge in [0.05, 0.1) is 5.02 Å². The first-order chi connectivity index (χ1) is 10.4. The van der Waals surface area contributed by atoms with Crippen LogP contribution < -0.4 is 4.74 Å². The van der Waals surface area contributed by atoms with Crippen molar-refractivity contribution in [3.05, 3.63) is 46.9 Å². The number of carbonyl (C=O) groups is 1. The first-order valence-corrected chi connectivity index (χ1v) is 7.05. The lowest BCUT2D eigenvalue weighted by atomic mass is 10.3. The molecule has 0 saturated heterocycles. The van der Waals surface area contributed by atoms with E-state index in [4.69, 9.17) is 20.8 Å². The molecule has 0 aliphatic heterocycles. The van der Waals surface area contributed by atoms with Crippen LogP contribution in [0.1, 0.15) is 30.2 Å². The molecular weight excluding hydrogens is 311 g/mol. The van der Waals surface area contributed by atoms with Crippen LogP contribution in [0.5, 0.6) is 5.75 Å². The summed E-state index contributed by atoms with van der Waals surface area (Å²) in [6.45, 7) is 3.82. The van der Waals surface area contributed by atoms with Gasteiger partial charge in [0.25, 0.3) is 5.91 Å². The van der Waals surface area contributed by atoms with Crippen LogP contribution in [-0.2, 0) is 6.61 Å². The molecule has 0 saturated carbocycles. The van der Waals surface area contributed by atoms with E-state index in [1.165, 1.54) is 24.5 Å². The highest BCUT2D eigenvalue weighted by molar-refractivity contribution is 6.30. The molecule has 118 valence electrons. The number of amides is 1. The summed E-state index contributed by atoms with van der Waals surface area (Å²) >= 11 is 5.66. The zero-order chi connectivity index (χ0) is 16.3. The predicted molar refractivity (Wildman–Crippen MR) is 79.5 cm³/mol. The van der Waals surface area contributed by atoms with Crippen LogP contribution in [0.4, 0.5) is 4.39 Å². The maximum atomic E-state index is 13.0. The largest absolute Gasteiger partial charge is 0.484 e. The number of hydrogen-bond donors (Lipinski definition) is 0. The molecule has 1 heterocycles. The predicted octanol–water partition coefficient (Wildman–Crippen LogP) is 3.53. The molecule has 1 amide bonds. The van der Waals surface area contributed by atoms with Crippen LogP contribution in [0, 0.1) is 5.82 Å². The van der Waals surface area contributed by atoms with E-state index in [-0.39, 0.29) is 35.2 Å². The molecule has 0 aliphatic rings. The first kappa shape index (κ1) is 16.3. The standard InChI is InChI=1S/C15H16ClFN2O3/c1-9(2)19(3)15(20)13-7-22-14(18-13)8-21-10-4-5-12(17)11(16)6-10/h4-7,9H,8H2,1-3H3. The van der Waals surface area contributed by atoms with Crippen molar-refractivity contribution in [1.82, 2.24) is 9.88 Å². The number of benzene rings is 1. The van der Waals surface area contributed by atoms with E-state index in [0.29, 0.717) is 5.75 Å². The zero-order valence-electron chi connectivity index (χ0n) is 12.5. The van der Waals surface area contributed by atoms with E-state index in [9.17, 15) is 9.18 Å². The highest BCUT2D eigenvalue weighted by Gasteiger charge is 2.18. The highest BCUT2D eigenvalue weighted by atomic mass is 35.5. The van der Waals surface area contributed by atoms with Gasteiger partial charge in [-0.3, -0.25) is 4.79 Å². The molecular formula is C15H16ClFN2O3. The summed E-state index contributed by atoms with van der Waals surface area (Å²) in [4.78, 5) is 17.7. The van der Waals surface area contributed by atoms with E-state index < -0.39 is 5.82 Å². The van der Waals surface area contributed by atoms with Crippen LogP contribution in [-0.4, -0.2) is 28.9 Å². The number of rotatable bonds is 5. The Morgan fingerprint density at radius 3 is 2.86 bits per heavy atom. The van der Waals surface area contributed by atoms with Gasteiger partial charge < -0.3 is 14.1 Å². The fourth-order valence-electron chi connectivity index (χ4n) is 1.60. The topological polar surface area (TPSA) is 55.6 Å². The summed E-state index contributed by atoms with van der Waals surface area (Å²) in [5, 5.41) is -0.0284. The summed E-state index contributed by atoms with van der Waals surface area (Å²) in [7, 11) is 1.69. The molecule has 0 aliphatic carbocycles. The maximum absolute atomic E-state index is 13.0. The fraction of sp³-hybridized carbons (Fsp3) is 0.333. The number of carbonyl (C=O) groups excluding carboxylic acids is 1. The van der Waals surface area contributed by atoms with Gasteiger partial charge in [-0.25, -0.2) is 9.37 Å². The van der Waals surface area contributed by atoms with Crippen LogP contribution in [0.25, 0.3) is 0 Å². The molecule has 22 heavy (non-hydrogen) atoms. The summed E-state index contributed by atoms with van der Waals surface area (Å²) in [5.74, 6) is -0.109. The molecule has 0 N–H and O–H groups in total. The second kappa shape index (κ2) is 6.79. The van der Waals surface area contributed by atoms with Gasteiger partial charge in [0.2, 0.25) is 5.89 Å². The molecule has 0 fully saturated rings. The van der Waals surface area contributed by atoms with Gasteiger partial charge in [-0.1, -0.05) is 11.6 Å². The van der Waals surface area contributed by atoms with E-state index in [1.54, 1.807) is 11.9 Å². The van der Waals surface area contributed by atoms with Crippen LogP contribution >= 0.6 is 11.6 Å². The molecule has 0 spiro atoms. The van der Waals surface area contributed by atoms with Crippen molar-refractivity contribution in [3.8, 4) is 5.75 Å². The van der Waals surface area contributed by atoms with Gasteiger partial charge in [0.1, 0.15) is 17.8 Å². The Balaban J connectivity index is 2.00. The van der Waals surface area contributed by atoms with Gasteiger partial charge in [-0.15, -0.1) is 0 Å². The Hall–Kier alpha value is -2.08. The SMILES string of the molecule is CC(C)N(C)C(=O)c1coc(COc2ccc(F)c(Cl)c2)n1. The molecule has 0 bridgehead atoms. The van der Waals surface area contributed by atoms with Crippen molar-refractivity contribution in [1.29, 1.82) is 0 Å². The molecule has 0 radical (unpaired) electrons. The number of hydrogen-bond acceptors (Lipinski definition) is 4. The van der Waals surface area contributed by atoms with E-state index in [2.05, 4.69) is 4.98 Å². The summed E-state index contributed by atoms with van der Waals surface area (Å²) in [5.41, 5.74) is 0.215. The van der Waals surface area contributed by atoms with E-state index in [0.717, 1.165) is 0 Å². The molecule has 2 aromatic rings. The zero-order valence-corrected chi connectivity index (χ0v) is 13.2. The fourth-order valence-corrected chi connectivity index (χ4v) is 1.77. The first-order valence-electron chi connectivity index (χ1n) is 6.68. The van der Waals surface area contributed by atoms with E-state index >= 15 is 0 Å². The van der Waals surface area contributed by atoms with Crippen molar-refractivity contribution >= 4 is 17.5 Å². The minimum absolute atomic E-state index is 0.0145. The molecule has 7 heteroatoms. The quantitative estimate of drug-likeness (QED) is 0.843. The lowest BCUT2D eigenvalue weighted by Crippen LogP contribution is -2.33. The smallest absolute Gasteiger partial charge is 0.275 e. The third-order valence-corrected chi connectivity index (χ3v) is 3.41. The lowest BCUT2D eigenvalue weighted by Gasteiger charge is -2.19. The van der Waals surface area contributed by atoms with Crippen molar-refractivity contribution in [2.45, 2.75) is 26.5 Å². The third-order valence-electron chi connectivity index (χ3n) is 3.12. The van der Waals surface area contributed by atoms with Gasteiger partial charge in [-0.2, -0.15) is 0 Å². The molecule has 1 aromatic heterocycles. The number of halogens is 2. The van der Waals surface area contributed by atoms with Gasteiger partial charge in [0.15, 0.2) is 12.3 Å². The lowest BCUT2D eigenvalue weighted by molar-refractivity contribution is 0.0749. The minimum Gasteiger partial charge on any atom is -0.484 e. The number of nitrogens with zero attached hydrogens (tertiary/aromatic N) is 2. The second-order valence-corrected chi connectivity index (χ2v) is 5.41. The summed E-state index contributed by atoms with van der Waals surface area (Å²) in [6.07, 6.45) is 1.29. The van der Waals surface area contributed by atoms with Gasteiger partial charge in [0, 0.05) is 19.2 Å². The number of ether oxygens (including phenoxy) is 1. The third kappa shape index (κ3) is 3.76. The molecule has 2 rings (SSSR count). The van der Waals surface area contributed by atoms with Gasteiger partial charge >= 0.3 is 0 Å². The molecule has 0 unspecified atom stereocenters. The Morgan fingerprint density at radius 2 is 2.23 bits per heavy atom. The average molecular weight is 327 g/mol. The average Bonchev–Trinajstić information content (AvgIpc) is 2.95. The van der Waals surface area contributed by atoms with Crippen molar-refractivity contribution < 1.29 is 18.3 Å². The van der Waals surface area contributed by atoms with Gasteiger partial charge in [-0.05, 0) is 26.0 Å². The van der Waals surface area contributed by atoms with Crippen molar-refractivity contribution in [3.63, 3.8) is 0 Å². The molecule has 5 nitrogen and oxygen atoms in total. The van der Waals surface area contributed by atoms with E-state index in [1.807, 2.05) is 13.8 Å². The summed E-state index contributed by atoms with van der Waals surface area (Å²) in [6, 6.07) is 4.08. The Morgan fingerprint density at radius 1 is 1.50 bits per heavy atom. The van der Waals surface area contributed by atoms with Crippen LogP contribution in [0.2, 0.25) is 5.02 Å². The molecule has 0 atom stereocenters. The van der Waals surface area contributed by atoms with Crippen LogP contribution in [0.15, 0.2) is 28.9 Å². The molecule has 1 aromatic carbocycles. The number of oxazole rings is 1. The number of aromatic nitrogens is 1. The van der Waals surface area contributed by atoms with Crippen LogP contribution in [0.3, 0.4) is 0 Å². The Bertz CT molecular complexity index is 673. The highest BCUT2D eigenvalue weighted by Crippen LogP contribution is 2.21. The summed E-state index contributed by atoms with van der Waals surface area (Å²) < 4.78 is 23.6. The normalized spacial score (nSPS) is 10.8. The van der Waals surface area contributed by atoms with Crippen molar-refractivity contribution in [2.24, 2.45) is 0 Å². The Labute approximate surface area is 132 Å². The minimum atomic E-state index is -0.519. The maximum Gasteiger partial charge on any atom is 0.275 e. The monoisotopic (exact) mass is 326 g/mol. The van der Waals surface area contributed by atoms with Crippen molar-refractivity contribution in [2.75, 3.05) is 7.05 Å². The Kier molecular flexibility index (Phi) is 5.03. The second-order valence-electron chi connectivity index (χ2n) is 5.00.